The second kappa shape index (κ2) is 5.25. The zero-order chi connectivity index (χ0) is 15.9. The maximum atomic E-state index is 12.6. The number of amides is 1. The highest BCUT2D eigenvalue weighted by atomic mass is 16.2. The van der Waals surface area contributed by atoms with Crippen LogP contribution in [0.15, 0.2) is 28.2 Å². The van der Waals surface area contributed by atoms with Crippen molar-refractivity contribution in [3.8, 4) is 0 Å². The molecule has 1 aliphatic heterocycles. The topological polar surface area (TPSA) is 88.1 Å². The average Bonchev–Trinajstić information content (AvgIpc) is 2.50. The van der Waals surface area contributed by atoms with Gasteiger partial charge in [-0.25, -0.2) is 4.98 Å². The first-order valence-corrected chi connectivity index (χ1v) is 7.00. The van der Waals surface area contributed by atoms with Crippen molar-refractivity contribution in [2.75, 3.05) is 6.54 Å². The normalized spacial score (nSPS) is 13.8. The number of fused-ring (bicyclic) bond motifs is 1. The van der Waals surface area contributed by atoms with E-state index in [1.165, 1.54) is 17.1 Å². The predicted octanol–water partition coefficient (Wildman–Crippen LogP) is -0.0245. The van der Waals surface area contributed by atoms with Gasteiger partial charge < -0.3 is 14.5 Å². The molecule has 0 aromatic carbocycles. The van der Waals surface area contributed by atoms with Crippen LogP contribution in [0.3, 0.4) is 0 Å². The Morgan fingerprint density at radius 2 is 2.14 bits per heavy atom. The van der Waals surface area contributed by atoms with Crippen molar-refractivity contribution in [3.63, 3.8) is 0 Å². The Kier molecular flexibility index (Phi) is 3.40. The summed E-state index contributed by atoms with van der Waals surface area (Å²) in [6.45, 7) is 2.38. The van der Waals surface area contributed by atoms with Crippen LogP contribution in [0, 0.1) is 6.92 Å². The van der Waals surface area contributed by atoms with E-state index in [0.717, 1.165) is 0 Å². The SMILES string of the molecule is Cc1cc[nH]c(=O)c1C(=O)N1CCc2c(ncn(C)c2=O)C1. The number of carbonyl (C=O) groups excluding carboxylic acids is 1. The summed E-state index contributed by atoms with van der Waals surface area (Å²) in [6, 6.07) is 1.69. The Morgan fingerprint density at radius 1 is 1.36 bits per heavy atom. The van der Waals surface area contributed by atoms with E-state index >= 15 is 0 Å². The second-order valence-electron chi connectivity index (χ2n) is 5.43. The highest BCUT2D eigenvalue weighted by Gasteiger charge is 2.27. The third kappa shape index (κ3) is 2.24. The first-order valence-electron chi connectivity index (χ1n) is 7.00. The van der Waals surface area contributed by atoms with Crippen molar-refractivity contribution in [2.45, 2.75) is 19.9 Å². The molecule has 0 spiro atoms. The summed E-state index contributed by atoms with van der Waals surface area (Å²) < 4.78 is 1.43. The maximum Gasteiger partial charge on any atom is 0.261 e. The summed E-state index contributed by atoms with van der Waals surface area (Å²) in [5.41, 5.74) is 1.56. The number of rotatable bonds is 1. The van der Waals surface area contributed by atoms with Crippen LogP contribution in [-0.4, -0.2) is 31.9 Å². The number of pyridine rings is 1. The number of aryl methyl sites for hydroxylation is 2. The summed E-state index contributed by atoms with van der Waals surface area (Å²) in [6.07, 6.45) is 3.42. The van der Waals surface area contributed by atoms with E-state index in [9.17, 15) is 14.4 Å². The Bertz CT molecular complexity index is 866. The van der Waals surface area contributed by atoms with Gasteiger partial charge in [0.25, 0.3) is 17.0 Å². The molecular formula is C15H16N4O3. The molecule has 3 heterocycles. The van der Waals surface area contributed by atoms with Crippen LogP contribution in [0.2, 0.25) is 0 Å². The highest BCUT2D eigenvalue weighted by Crippen LogP contribution is 2.16. The van der Waals surface area contributed by atoms with Gasteiger partial charge in [0.15, 0.2) is 0 Å². The quantitative estimate of drug-likeness (QED) is 0.801. The van der Waals surface area contributed by atoms with E-state index in [-0.39, 0.29) is 23.6 Å². The summed E-state index contributed by atoms with van der Waals surface area (Å²) in [5, 5.41) is 0. The smallest absolute Gasteiger partial charge is 0.261 e. The van der Waals surface area contributed by atoms with E-state index in [2.05, 4.69) is 9.97 Å². The van der Waals surface area contributed by atoms with Crippen LogP contribution >= 0.6 is 0 Å². The van der Waals surface area contributed by atoms with Crippen molar-refractivity contribution in [3.05, 3.63) is 61.7 Å². The standard InChI is InChI=1S/C15H16N4O3/c1-9-3-5-16-13(20)12(9)15(22)19-6-4-10-11(7-19)17-8-18(2)14(10)21/h3,5,8H,4,6-7H2,1-2H3,(H,16,20). The summed E-state index contributed by atoms with van der Waals surface area (Å²) in [7, 11) is 1.65. The third-order valence-electron chi connectivity index (χ3n) is 3.96. The molecular weight excluding hydrogens is 284 g/mol. The third-order valence-corrected chi connectivity index (χ3v) is 3.96. The lowest BCUT2D eigenvalue weighted by Gasteiger charge is -2.28. The number of H-pyrrole nitrogens is 1. The molecule has 2 aromatic heterocycles. The Labute approximate surface area is 126 Å². The fraction of sp³-hybridized carbons (Fsp3) is 0.333. The molecule has 0 saturated heterocycles. The zero-order valence-electron chi connectivity index (χ0n) is 12.4. The van der Waals surface area contributed by atoms with E-state index < -0.39 is 5.56 Å². The molecule has 0 bridgehead atoms. The molecule has 22 heavy (non-hydrogen) atoms. The number of carbonyl (C=O) groups is 1. The van der Waals surface area contributed by atoms with Gasteiger partial charge in [-0.1, -0.05) is 0 Å². The van der Waals surface area contributed by atoms with Gasteiger partial charge in [0.1, 0.15) is 5.56 Å². The summed E-state index contributed by atoms with van der Waals surface area (Å²) in [5.74, 6) is -0.326. The molecule has 3 rings (SSSR count). The zero-order valence-corrected chi connectivity index (χ0v) is 12.4. The maximum absolute atomic E-state index is 12.6. The number of hydrogen-bond acceptors (Lipinski definition) is 4. The first-order chi connectivity index (χ1) is 10.5. The lowest BCUT2D eigenvalue weighted by molar-refractivity contribution is 0.0728. The molecule has 7 nitrogen and oxygen atoms in total. The molecule has 0 radical (unpaired) electrons. The molecule has 114 valence electrons. The Morgan fingerprint density at radius 3 is 2.86 bits per heavy atom. The predicted molar refractivity (Wildman–Crippen MR) is 79.7 cm³/mol. The van der Waals surface area contributed by atoms with Crippen LogP contribution in [0.4, 0.5) is 0 Å². The average molecular weight is 300 g/mol. The van der Waals surface area contributed by atoms with Crippen LogP contribution < -0.4 is 11.1 Å². The number of nitrogens with one attached hydrogen (secondary N) is 1. The van der Waals surface area contributed by atoms with Crippen LogP contribution in [0.25, 0.3) is 0 Å². The largest absolute Gasteiger partial charge is 0.332 e. The molecule has 0 atom stereocenters. The molecule has 7 heteroatoms. The van der Waals surface area contributed by atoms with Crippen molar-refractivity contribution in [1.29, 1.82) is 0 Å². The molecule has 1 N–H and O–H groups in total. The van der Waals surface area contributed by atoms with Crippen LogP contribution in [-0.2, 0) is 20.0 Å². The number of aromatic amines is 1. The monoisotopic (exact) mass is 300 g/mol. The van der Waals surface area contributed by atoms with Crippen LogP contribution in [0.5, 0.6) is 0 Å². The van der Waals surface area contributed by atoms with Gasteiger partial charge in [0, 0.05) is 25.4 Å². The van der Waals surface area contributed by atoms with E-state index in [0.29, 0.717) is 29.8 Å². The van der Waals surface area contributed by atoms with Gasteiger partial charge in [-0.3, -0.25) is 14.4 Å². The molecule has 0 fully saturated rings. The highest BCUT2D eigenvalue weighted by molar-refractivity contribution is 5.95. The van der Waals surface area contributed by atoms with Gasteiger partial charge >= 0.3 is 0 Å². The molecule has 0 saturated carbocycles. The lowest BCUT2D eigenvalue weighted by Crippen LogP contribution is -2.41. The van der Waals surface area contributed by atoms with Crippen molar-refractivity contribution >= 4 is 5.91 Å². The molecule has 0 unspecified atom stereocenters. The van der Waals surface area contributed by atoms with Crippen molar-refractivity contribution in [1.82, 2.24) is 19.4 Å². The van der Waals surface area contributed by atoms with Gasteiger partial charge in [-0.2, -0.15) is 0 Å². The van der Waals surface area contributed by atoms with Gasteiger partial charge in [-0.05, 0) is 25.0 Å². The van der Waals surface area contributed by atoms with E-state index in [4.69, 9.17) is 0 Å². The summed E-state index contributed by atoms with van der Waals surface area (Å²) >= 11 is 0. The van der Waals surface area contributed by atoms with Crippen molar-refractivity contribution < 1.29 is 4.79 Å². The van der Waals surface area contributed by atoms with Gasteiger partial charge in [0.05, 0.1) is 18.6 Å². The Hall–Kier alpha value is -2.70. The van der Waals surface area contributed by atoms with Gasteiger partial charge in [0.2, 0.25) is 0 Å². The first kappa shape index (κ1) is 14.2. The fourth-order valence-corrected chi connectivity index (χ4v) is 2.69. The minimum atomic E-state index is -0.396. The van der Waals surface area contributed by atoms with Crippen molar-refractivity contribution in [2.24, 2.45) is 7.05 Å². The van der Waals surface area contributed by atoms with Gasteiger partial charge in [-0.15, -0.1) is 0 Å². The number of nitrogens with zero attached hydrogens (tertiary/aromatic N) is 3. The second-order valence-corrected chi connectivity index (χ2v) is 5.43. The molecule has 0 aliphatic carbocycles. The molecule has 1 aliphatic rings. The molecule has 2 aromatic rings. The lowest BCUT2D eigenvalue weighted by atomic mass is 10.0. The minimum absolute atomic E-state index is 0.0779. The van der Waals surface area contributed by atoms with E-state index in [1.807, 2.05) is 0 Å². The number of aromatic nitrogens is 3. The van der Waals surface area contributed by atoms with Crippen LogP contribution in [0.1, 0.15) is 27.2 Å². The van der Waals surface area contributed by atoms with E-state index in [1.54, 1.807) is 24.9 Å². The molecule has 1 amide bonds. The number of hydrogen-bond donors (Lipinski definition) is 1. The fourth-order valence-electron chi connectivity index (χ4n) is 2.69. The Balaban J connectivity index is 1.95. The minimum Gasteiger partial charge on any atom is -0.332 e. The summed E-state index contributed by atoms with van der Waals surface area (Å²) in [4.78, 5) is 44.8.